The van der Waals surface area contributed by atoms with Gasteiger partial charge in [0.1, 0.15) is 18.1 Å². The maximum Gasteiger partial charge on any atom is 0.170 e. The lowest BCUT2D eigenvalue weighted by atomic mass is 9.78. The smallest absolute Gasteiger partial charge is 0.170 e. The molecule has 1 N–H and O–H groups in total. The summed E-state index contributed by atoms with van der Waals surface area (Å²) in [6.45, 7) is 6.18. The first kappa shape index (κ1) is 19.9. The molecule has 2 aromatic carbocycles. The van der Waals surface area contributed by atoms with Gasteiger partial charge in [0.05, 0.1) is 5.57 Å². The number of aliphatic hydroxyl groups is 1. The molecule has 0 fully saturated rings. The first-order valence-corrected chi connectivity index (χ1v) is 9.67. The molecule has 1 aliphatic carbocycles. The van der Waals surface area contributed by atoms with Crippen molar-refractivity contribution in [1.82, 2.24) is 0 Å². The Morgan fingerprint density at radius 1 is 1.11 bits per heavy atom. The van der Waals surface area contributed by atoms with Gasteiger partial charge in [0.2, 0.25) is 0 Å². The predicted molar refractivity (Wildman–Crippen MR) is 109 cm³/mol. The Kier molecular flexibility index (Phi) is 5.98. The molecule has 1 unspecified atom stereocenters. The first-order chi connectivity index (χ1) is 13.4. The summed E-state index contributed by atoms with van der Waals surface area (Å²) in [6, 6.07) is 13.9. The molecule has 0 spiro atoms. The minimum atomic E-state index is -0.279. The van der Waals surface area contributed by atoms with Crippen LogP contribution in [-0.2, 0) is 16.2 Å². The van der Waals surface area contributed by atoms with E-state index in [0.717, 1.165) is 28.0 Å². The van der Waals surface area contributed by atoms with Gasteiger partial charge < -0.3 is 9.84 Å². The fraction of sp³-hybridized carbons (Fsp3) is 0.333. The average Bonchev–Trinajstić information content (AvgIpc) is 2.66. The minimum absolute atomic E-state index is 0.00290. The molecule has 0 amide bonds. The number of rotatable bonds is 6. The number of hydrogen-bond acceptors (Lipinski definition) is 4. The highest BCUT2D eigenvalue weighted by atomic mass is 16.5. The number of allylic oxidation sites excluding steroid dienone is 2. The molecule has 4 heteroatoms. The standard InChI is InChI=1S/C24H26O4/c1-4-20(25)24-21(26)12-18(13-22(24)27)23-15(2)10-19(11-16(23)3)28-14-17-8-6-5-7-9-17/h5-11,18,26H,4,12-14H2,1-3H3. The van der Waals surface area contributed by atoms with Crippen molar-refractivity contribution in [3.05, 3.63) is 76.1 Å². The predicted octanol–water partition coefficient (Wildman–Crippen LogP) is 5.12. The molecule has 0 aromatic heterocycles. The maximum absolute atomic E-state index is 12.5. The van der Waals surface area contributed by atoms with Crippen LogP contribution in [0.2, 0.25) is 0 Å². The average molecular weight is 378 g/mol. The van der Waals surface area contributed by atoms with Crippen LogP contribution in [0.3, 0.4) is 0 Å². The zero-order valence-electron chi connectivity index (χ0n) is 16.6. The number of aryl methyl sites for hydroxylation is 2. The highest BCUT2D eigenvalue weighted by molar-refractivity contribution is 6.21. The van der Waals surface area contributed by atoms with Gasteiger partial charge >= 0.3 is 0 Å². The third-order valence-electron chi connectivity index (χ3n) is 5.26. The van der Waals surface area contributed by atoms with Crippen LogP contribution in [0.1, 0.15) is 54.4 Å². The summed E-state index contributed by atoms with van der Waals surface area (Å²) in [5, 5.41) is 10.3. The van der Waals surface area contributed by atoms with Crippen molar-refractivity contribution in [2.24, 2.45) is 0 Å². The van der Waals surface area contributed by atoms with E-state index in [4.69, 9.17) is 4.74 Å². The largest absolute Gasteiger partial charge is 0.511 e. The van der Waals surface area contributed by atoms with E-state index in [0.29, 0.717) is 13.0 Å². The number of Topliss-reactive ketones (excluding diaryl/α,β-unsaturated/α-hetero) is 2. The van der Waals surface area contributed by atoms with E-state index in [-0.39, 0.29) is 41.7 Å². The van der Waals surface area contributed by atoms with Gasteiger partial charge in [-0.15, -0.1) is 0 Å². The van der Waals surface area contributed by atoms with Crippen molar-refractivity contribution < 1.29 is 19.4 Å². The number of ether oxygens (including phenoxy) is 1. The van der Waals surface area contributed by atoms with Crippen LogP contribution in [0.25, 0.3) is 0 Å². The molecule has 0 saturated carbocycles. The topological polar surface area (TPSA) is 63.6 Å². The van der Waals surface area contributed by atoms with Crippen molar-refractivity contribution in [3.8, 4) is 5.75 Å². The first-order valence-electron chi connectivity index (χ1n) is 9.67. The van der Waals surface area contributed by atoms with Crippen LogP contribution in [0, 0.1) is 13.8 Å². The Bertz CT molecular complexity index is 902. The zero-order chi connectivity index (χ0) is 20.3. The molecule has 146 valence electrons. The summed E-state index contributed by atoms with van der Waals surface area (Å²) in [7, 11) is 0. The maximum atomic E-state index is 12.5. The summed E-state index contributed by atoms with van der Waals surface area (Å²) in [6.07, 6.45) is 0.789. The number of aliphatic hydroxyl groups excluding tert-OH is 1. The van der Waals surface area contributed by atoms with Gasteiger partial charge in [-0.1, -0.05) is 37.3 Å². The van der Waals surface area contributed by atoms with E-state index in [1.807, 2.05) is 56.3 Å². The summed E-state index contributed by atoms with van der Waals surface area (Å²) in [5.74, 6) is 0.0506. The fourth-order valence-corrected chi connectivity index (χ4v) is 3.99. The normalized spacial score (nSPS) is 17.0. The van der Waals surface area contributed by atoms with Crippen molar-refractivity contribution in [2.45, 2.75) is 52.6 Å². The van der Waals surface area contributed by atoms with Crippen LogP contribution >= 0.6 is 0 Å². The van der Waals surface area contributed by atoms with Gasteiger partial charge in [0, 0.05) is 19.3 Å². The Labute approximate surface area is 165 Å². The lowest BCUT2D eigenvalue weighted by molar-refractivity contribution is -0.122. The lowest BCUT2D eigenvalue weighted by Crippen LogP contribution is -2.24. The molecule has 0 aliphatic heterocycles. The van der Waals surface area contributed by atoms with Crippen LogP contribution in [-0.4, -0.2) is 16.7 Å². The number of carbonyl (C=O) groups excluding carboxylic acids is 2. The van der Waals surface area contributed by atoms with Gasteiger partial charge in [-0.25, -0.2) is 0 Å². The van der Waals surface area contributed by atoms with Crippen molar-refractivity contribution in [1.29, 1.82) is 0 Å². The third-order valence-corrected chi connectivity index (χ3v) is 5.26. The van der Waals surface area contributed by atoms with Crippen molar-refractivity contribution >= 4 is 11.6 Å². The zero-order valence-corrected chi connectivity index (χ0v) is 16.6. The monoisotopic (exact) mass is 378 g/mol. The molecule has 4 nitrogen and oxygen atoms in total. The molecule has 0 bridgehead atoms. The van der Waals surface area contributed by atoms with Crippen LogP contribution in [0.4, 0.5) is 0 Å². The van der Waals surface area contributed by atoms with Crippen molar-refractivity contribution in [2.75, 3.05) is 0 Å². The minimum Gasteiger partial charge on any atom is -0.511 e. The van der Waals surface area contributed by atoms with Gasteiger partial charge in [0.25, 0.3) is 0 Å². The van der Waals surface area contributed by atoms with E-state index in [1.54, 1.807) is 6.92 Å². The Morgan fingerprint density at radius 2 is 1.75 bits per heavy atom. The van der Waals surface area contributed by atoms with Gasteiger partial charge in [-0.3, -0.25) is 9.59 Å². The molecule has 0 heterocycles. The summed E-state index contributed by atoms with van der Waals surface area (Å²) in [5.41, 5.74) is 4.20. The quantitative estimate of drug-likeness (QED) is 0.709. The summed E-state index contributed by atoms with van der Waals surface area (Å²) in [4.78, 5) is 24.4. The number of ketones is 2. The molecule has 0 saturated heterocycles. The lowest BCUT2D eigenvalue weighted by Gasteiger charge is -2.26. The Hall–Kier alpha value is -2.88. The molecule has 28 heavy (non-hydrogen) atoms. The fourth-order valence-electron chi connectivity index (χ4n) is 3.99. The number of benzene rings is 2. The molecule has 0 radical (unpaired) electrons. The Morgan fingerprint density at radius 3 is 2.32 bits per heavy atom. The van der Waals surface area contributed by atoms with Crippen LogP contribution < -0.4 is 4.74 Å². The van der Waals surface area contributed by atoms with Gasteiger partial charge in [0.15, 0.2) is 11.6 Å². The molecular formula is C24H26O4. The van der Waals surface area contributed by atoms with E-state index >= 15 is 0 Å². The highest BCUT2D eigenvalue weighted by Gasteiger charge is 2.33. The van der Waals surface area contributed by atoms with Gasteiger partial charge in [-0.2, -0.15) is 0 Å². The van der Waals surface area contributed by atoms with E-state index < -0.39 is 0 Å². The van der Waals surface area contributed by atoms with E-state index in [2.05, 4.69) is 0 Å². The van der Waals surface area contributed by atoms with Crippen molar-refractivity contribution in [3.63, 3.8) is 0 Å². The van der Waals surface area contributed by atoms with E-state index in [9.17, 15) is 14.7 Å². The molecular weight excluding hydrogens is 352 g/mol. The molecule has 3 rings (SSSR count). The molecule has 2 aromatic rings. The highest BCUT2D eigenvalue weighted by Crippen LogP contribution is 2.38. The second-order valence-corrected chi connectivity index (χ2v) is 7.37. The number of carbonyl (C=O) groups is 2. The molecule has 1 aliphatic rings. The Balaban J connectivity index is 1.81. The second kappa shape index (κ2) is 8.42. The summed E-state index contributed by atoms with van der Waals surface area (Å²) >= 11 is 0. The summed E-state index contributed by atoms with van der Waals surface area (Å²) < 4.78 is 5.93. The number of hydrogen-bond donors (Lipinski definition) is 1. The van der Waals surface area contributed by atoms with Crippen LogP contribution in [0.5, 0.6) is 5.75 Å². The third kappa shape index (κ3) is 4.16. The van der Waals surface area contributed by atoms with E-state index in [1.165, 1.54) is 0 Å². The van der Waals surface area contributed by atoms with Gasteiger partial charge in [-0.05, 0) is 54.2 Å². The SMILES string of the molecule is CCC(=O)C1=C(O)CC(c2c(C)cc(OCc3ccccc3)cc2C)CC1=O. The van der Waals surface area contributed by atoms with Crippen LogP contribution in [0.15, 0.2) is 53.8 Å². The second-order valence-electron chi connectivity index (χ2n) is 7.37. The molecule has 1 atom stereocenters.